The summed E-state index contributed by atoms with van der Waals surface area (Å²) < 4.78 is 0. The topological polar surface area (TPSA) is 85.0 Å². The molecule has 3 aliphatic heterocycles. The van der Waals surface area contributed by atoms with Crippen molar-refractivity contribution in [2.75, 3.05) is 60.9 Å². The van der Waals surface area contributed by atoms with E-state index in [1.807, 2.05) is 23.1 Å². The van der Waals surface area contributed by atoms with E-state index >= 15 is 0 Å². The monoisotopic (exact) mass is 475 g/mol. The first-order valence-corrected chi connectivity index (χ1v) is 12.7. The average molecular weight is 476 g/mol. The van der Waals surface area contributed by atoms with E-state index in [0.717, 1.165) is 75.3 Å². The van der Waals surface area contributed by atoms with E-state index in [1.165, 1.54) is 5.69 Å². The van der Waals surface area contributed by atoms with Gasteiger partial charge in [-0.1, -0.05) is 18.2 Å². The Kier molecular flexibility index (Phi) is 6.99. The number of anilines is 3. The Balaban J connectivity index is 1.05. The number of aryl methyl sites for hydroxylation is 2. The van der Waals surface area contributed by atoms with E-state index in [9.17, 15) is 14.4 Å². The van der Waals surface area contributed by atoms with Crippen LogP contribution in [0.5, 0.6) is 0 Å². The Labute approximate surface area is 206 Å². The second kappa shape index (κ2) is 10.5. The zero-order valence-electron chi connectivity index (χ0n) is 20.1. The fraction of sp³-hybridized carbons (Fsp3) is 0.444. The summed E-state index contributed by atoms with van der Waals surface area (Å²) in [5, 5.41) is 5.51. The van der Waals surface area contributed by atoms with Crippen LogP contribution >= 0.6 is 0 Å². The fourth-order valence-electron chi connectivity index (χ4n) is 5.37. The SMILES string of the molecule is O=C(NCCCN1CCN(c2ccccc2)CC1)C(=O)Nc1cc2c3c(c1)CCC(=O)N3CCC2. The first kappa shape index (κ1) is 23.4. The summed E-state index contributed by atoms with van der Waals surface area (Å²) in [6.45, 7) is 6.10. The second-order valence-corrected chi connectivity index (χ2v) is 9.52. The lowest BCUT2D eigenvalue weighted by molar-refractivity contribution is -0.136. The molecule has 0 unspecified atom stereocenters. The Hall–Kier alpha value is -3.39. The molecule has 1 fully saturated rings. The number of para-hydroxylation sites is 1. The molecule has 1 saturated heterocycles. The van der Waals surface area contributed by atoms with Gasteiger partial charge in [0, 0.05) is 57.1 Å². The Bertz CT molecular complexity index is 1080. The summed E-state index contributed by atoms with van der Waals surface area (Å²) in [5.41, 5.74) is 5.06. The van der Waals surface area contributed by atoms with Crippen LogP contribution in [0.3, 0.4) is 0 Å². The molecule has 3 aliphatic rings. The zero-order valence-corrected chi connectivity index (χ0v) is 20.1. The molecule has 0 aromatic heterocycles. The average Bonchev–Trinajstić information content (AvgIpc) is 2.89. The van der Waals surface area contributed by atoms with E-state index in [1.54, 1.807) is 0 Å². The molecule has 2 aromatic carbocycles. The van der Waals surface area contributed by atoms with Gasteiger partial charge in [-0.2, -0.15) is 0 Å². The summed E-state index contributed by atoms with van der Waals surface area (Å²) in [5.74, 6) is -1.08. The van der Waals surface area contributed by atoms with Crippen LogP contribution in [0.4, 0.5) is 17.1 Å². The lowest BCUT2D eigenvalue weighted by atomic mass is 9.91. The largest absolute Gasteiger partial charge is 0.369 e. The van der Waals surface area contributed by atoms with Crippen LogP contribution in [-0.2, 0) is 27.2 Å². The molecule has 2 N–H and O–H groups in total. The number of rotatable bonds is 6. The van der Waals surface area contributed by atoms with E-state index in [2.05, 4.69) is 44.7 Å². The number of hydrogen-bond donors (Lipinski definition) is 2. The van der Waals surface area contributed by atoms with Crippen LogP contribution in [0.25, 0.3) is 0 Å². The molecule has 0 bridgehead atoms. The van der Waals surface area contributed by atoms with Crippen molar-refractivity contribution in [2.45, 2.75) is 32.1 Å². The number of carbonyl (C=O) groups is 3. The van der Waals surface area contributed by atoms with E-state index in [0.29, 0.717) is 25.1 Å². The van der Waals surface area contributed by atoms with Crippen molar-refractivity contribution in [2.24, 2.45) is 0 Å². The number of hydrogen-bond acceptors (Lipinski definition) is 5. The van der Waals surface area contributed by atoms with Crippen molar-refractivity contribution in [3.8, 4) is 0 Å². The summed E-state index contributed by atoms with van der Waals surface area (Å²) in [7, 11) is 0. The minimum absolute atomic E-state index is 0.174. The molecule has 0 atom stereocenters. The molecule has 0 saturated carbocycles. The molecule has 8 nitrogen and oxygen atoms in total. The Morgan fingerprint density at radius 1 is 0.857 bits per heavy atom. The van der Waals surface area contributed by atoms with Gasteiger partial charge in [0.25, 0.3) is 0 Å². The van der Waals surface area contributed by atoms with Crippen LogP contribution in [0, 0.1) is 0 Å². The Morgan fingerprint density at radius 2 is 1.60 bits per heavy atom. The van der Waals surface area contributed by atoms with Gasteiger partial charge in [0.05, 0.1) is 5.69 Å². The Morgan fingerprint density at radius 3 is 2.37 bits per heavy atom. The van der Waals surface area contributed by atoms with Crippen LogP contribution in [-0.4, -0.2) is 68.4 Å². The maximum atomic E-state index is 12.5. The highest BCUT2D eigenvalue weighted by atomic mass is 16.2. The van der Waals surface area contributed by atoms with Crippen LogP contribution < -0.4 is 20.4 Å². The predicted molar refractivity (Wildman–Crippen MR) is 137 cm³/mol. The summed E-state index contributed by atoms with van der Waals surface area (Å²) >= 11 is 0. The van der Waals surface area contributed by atoms with Gasteiger partial charge in [-0.3, -0.25) is 19.3 Å². The molecule has 3 heterocycles. The van der Waals surface area contributed by atoms with Crippen LogP contribution in [0.15, 0.2) is 42.5 Å². The number of piperazine rings is 1. The van der Waals surface area contributed by atoms with Gasteiger partial charge in [0.2, 0.25) is 5.91 Å². The number of amides is 3. The highest BCUT2D eigenvalue weighted by Crippen LogP contribution is 2.37. The second-order valence-electron chi connectivity index (χ2n) is 9.52. The summed E-state index contributed by atoms with van der Waals surface area (Å²) in [6.07, 6.45) is 3.76. The number of nitrogens with one attached hydrogen (secondary N) is 2. The highest BCUT2D eigenvalue weighted by molar-refractivity contribution is 6.39. The van der Waals surface area contributed by atoms with Crippen LogP contribution in [0.2, 0.25) is 0 Å². The predicted octanol–water partition coefficient (Wildman–Crippen LogP) is 2.18. The maximum absolute atomic E-state index is 12.5. The summed E-state index contributed by atoms with van der Waals surface area (Å²) in [6, 6.07) is 14.3. The minimum Gasteiger partial charge on any atom is -0.369 e. The van der Waals surface area contributed by atoms with Gasteiger partial charge in [-0.05, 0) is 67.6 Å². The maximum Gasteiger partial charge on any atom is 0.313 e. The smallest absolute Gasteiger partial charge is 0.313 e. The molecule has 0 spiro atoms. The third-order valence-electron chi connectivity index (χ3n) is 7.17. The van der Waals surface area contributed by atoms with Gasteiger partial charge in [-0.25, -0.2) is 0 Å². The van der Waals surface area contributed by atoms with Crippen molar-refractivity contribution in [3.05, 3.63) is 53.6 Å². The molecular weight excluding hydrogens is 442 g/mol. The van der Waals surface area contributed by atoms with E-state index < -0.39 is 11.8 Å². The quantitative estimate of drug-likeness (QED) is 0.494. The third kappa shape index (κ3) is 5.32. The third-order valence-corrected chi connectivity index (χ3v) is 7.17. The first-order valence-electron chi connectivity index (χ1n) is 12.7. The molecular formula is C27H33N5O3. The van der Waals surface area contributed by atoms with Crippen molar-refractivity contribution in [1.82, 2.24) is 10.2 Å². The zero-order chi connectivity index (χ0) is 24.2. The molecule has 3 amide bonds. The van der Waals surface area contributed by atoms with E-state index in [-0.39, 0.29) is 5.91 Å². The van der Waals surface area contributed by atoms with Crippen LogP contribution in [0.1, 0.15) is 30.4 Å². The van der Waals surface area contributed by atoms with Crippen molar-refractivity contribution < 1.29 is 14.4 Å². The molecule has 0 aliphatic carbocycles. The molecule has 0 radical (unpaired) electrons. The highest BCUT2D eigenvalue weighted by Gasteiger charge is 2.30. The molecule has 5 rings (SSSR count). The lowest BCUT2D eigenvalue weighted by Gasteiger charge is -2.36. The molecule has 8 heteroatoms. The van der Waals surface area contributed by atoms with Crippen molar-refractivity contribution in [3.63, 3.8) is 0 Å². The number of nitrogens with zero attached hydrogens (tertiary/aromatic N) is 3. The van der Waals surface area contributed by atoms with Gasteiger partial charge < -0.3 is 20.4 Å². The normalized spacial score (nSPS) is 17.7. The van der Waals surface area contributed by atoms with Gasteiger partial charge in [0.1, 0.15) is 0 Å². The number of benzene rings is 2. The molecule has 2 aromatic rings. The van der Waals surface area contributed by atoms with Gasteiger partial charge in [0.15, 0.2) is 0 Å². The lowest BCUT2D eigenvalue weighted by Crippen LogP contribution is -2.47. The van der Waals surface area contributed by atoms with E-state index in [4.69, 9.17) is 0 Å². The minimum atomic E-state index is -0.645. The standard InChI is InChI=1S/C27H33N5O3/c33-24-10-9-21-19-22(18-20-6-4-13-32(24)25(20)21)29-27(35)26(34)28-11-5-12-30-14-16-31(17-15-30)23-7-2-1-3-8-23/h1-3,7-8,18-19H,4-6,9-17H2,(H,28,34)(H,29,35). The van der Waals surface area contributed by atoms with Gasteiger partial charge in [-0.15, -0.1) is 0 Å². The van der Waals surface area contributed by atoms with Crippen molar-refractivity contribution in [1.29, 1.82) is 0 Å². The van der Waals surface area contributed by atoms with Crippen molar-refractivity contribution >= 4 is 34.8 Å². The fourth-order valence-corrected chi connectivity index (χ4v) is 5.37. The molecule has 35 heavy (non-hydrogen) atoms. The number of carbonyl (C=O) groups excluding carboxylic acids is 3. The molecule has 184 valence electrons. The van der Waals surface area contributed by atoms with Gasteiger partial charge >= 0.3 is 11.8 Å². The summed E-state index contributed by atoms with van der Waals surface area (Å²) in [4.78, 5) is 43.7. The first-order chi connectivity index (χ1) is 17.1.